The first kappa shape index (κ1) is 19.4. The molecule has 2 N–H and O–H groups in total. The van der Waals surface area contributed by atoms with Crippen LogP contribution < -0.4 is 9.46 Å². The molecule has 0 radical (unpaired) electrons. The molecule has 7 nitrogen and oxygen atoms in total. The number of ether oxygens (including phenoxy) is 1. The average molecular weight is 420 g/mol. The van der Waals surface area contributed by atoms with Crippen LogP contribution in [0.2, 0.25) is 0 Å². The van der Waals surface area contributed by atoms with E-state index in [2.05, 4.69) is 9.71 Å². The topological polar surface area (TPSA) is 106 Å². The van der Waals surface area contributed by atoms with Crippen molar-refractivity contribution in [2.24, 2.45) is 0 Å². The maximum Gasteiger partial charge on any atom is 0.335 e. The number of fused-ring (bicyclic) bond motifs is 1. The highest BCUT2D eigenvalue weighted by molar-refractivity contribution is 7.92. The minimum atomic E-state index is -3.85. The predicted octanol–water partition coefficient (Wildman–Crippen LogP) is 4.53. The van der Waals surface area contributed by atoms with Gasteiger partial charge in [0.15, 0.2) is 0 Å². The second-order valence-corrected chi connectivity index (χ2v) is 8.10. The minimum Gasteiger partial charge on any atom is -0.478 e. The Morgan fingerprint density at radius 1 is 0.933 bits per heavy atom. The van der Waals surface area contributed by atoms with Gasteiger partial charge in [-0.2, -0.15) is 0 Å². The van der Waals surface area contributed by atoms with Crippen LogP contribution in [0.1, 0.15) is 10.4 Å². The fourth-order valence-electron chi connectivity index (χ4n) is 2.89. The number of carboxylic acids is 1. The highest BCUT2D eigenvalue weighted by Gasteiger charge is 2.15. The number of sulfonamides is 1. The van der Waals surface area contributed by atoms with Crippen LogP contribution >= 0.6 is 0 Å². The van der Waals surface area contributed by atoms with Gasteiger partial charge in [0.1, 0.15) is 11.5 Å². The lowest BCUT2D eigenvalue weighted by atomic mass is 10.1. The van der Waals surface area contributed by atoms with Gasteiger partial charge in [-0.25, -0.2) is 13.2 Å². The van der Waals surface area contributed by atoms with Gasteiger partial charge in [-0.1, -0.05) is 12.1 Å². The van der Waals surface area contributed by atoms with Gasteiger partial charge in [0.2, 0.25) is 0 Å². The SMILES string of the molecule is O=C(O)c1ccc(S(=O)(=O)Nc2ccc(Oc3cccc4cnccc34)cc2)cc1. The Hall–Kier alpha value is -3.91. The molecule has 0 bridgehead atoms. The lowest BCUT2D eigenvalue weighted by Gasteiger charge is -2.11. The zero-order valence-corrected chi connectivity index (χ0v) is 16.3. The number of nitrogens with one attached hydrogen (secondary N) is 1. The molecule has 0 atom stereocenters. The normalized spacial score (nSPS) is 11.2. The average Bonchev–Trinajstić information content (AvgIpc) is 2.75. The number of pyridine rings is 1. The summed E-state index contributed by atoms with van der Waals surface area (Å²) in [6.45, 7) is 0. The van der Waals surface area contributed by atoms with Gasteiger partial charge < -0.3 is 9.84 Å². The van der Waals surface area contributed by atoms with Gasteiger partial charge in [-0.3, -0.25) is 9.71 Å². The molecular weight excluding hydrogens is 404 g/mol. The quantitative estimate of drug-likeness (QED) is 0.475. The summed E-state index contributed by atoms with van der Waals surface area (Å²) < 4.78 is 33.4. The van der Waals surface area contributed by atoms with Crippen LogP contribution in [0, 0.1) is 0 Å². The van der Waals surface area contributed by atoms with Gasteiger partial charge in [-0.05, 0) is 60.7 Å². The Morgan fingerprint density at radius 2 is 1.67 bits per heavy atom. The highest BCUT2D eigenvalue weighted by atomic mass is 32.2. The molecule has 3 aromatic carbocycles. The molecule has 150 valence electrons. The summed E-state index contributed by atoms with van der Waals surface area (Å²) in [6.07, 6.45) is 3.44. The number of hydrogen-bond acceptors (Lipinski definition) is 5. The molecule has 0 aliphatic rings. The van der Waals surface area contributed by atoms with E-state index in [1.807, 2.05) is 24.3 Å². The molecule has 1 aromatic heterocycles. The number of benzene rings is 3. The van der Waals surface area contributed by atoms with E-state index in [-0.39, 0.29) is 10.5 Å². The van der Waals surface area contributed by atoms with Crippen molar-refractivity contribution in [2.75, 3.05) is 4.72 Å². The Labute approximate surface area is 172 Å². The van der Waals surface area contributed by atoms with E-state index in [0.29, 0.717) is 17.2 Å². The van der Waals surface area contributed by atoms with Crippen molar-refractivity contribution in [3.05, 3.63) is 90.8 Å². The maximum absolute atomic E-state index is 12.5. The van der Waals surface area contributed by atoms with Crippen molar-refractivity contribution in [1.29, 1.82) is 0 Å². The van der Waals surface area contributed by atoms with E-state index in [1.54, 1.807) is 36.7 Å². The Bertz CT molecular complexity index is 1310. The molecule has 0 unspecified atom stereocenters. The summed E-state index contributed by atoms with van der Waals surface area (Å²) in [5.74, 6) is 0.0970. The van der Waals surface area contributed by atoms with E-state index < -0.39 is 16.0 Å². The molecule has 4 aromatic rings. The van der Waals surface area contributed by atoms with Gasteiger partial charge in [0.05, 0.1) is 10.5 Å². The van der Waals surface area contributed by atoms with Crippen molar-refractivity contribution in [3.63, 3.8) is 0 Å². The Balaban J connectivity index is 1.51. The first-order valence-corrected chi connectivity index (χ1v) is 10.4. The number of hydrogen-bond donors (Lipinski definition) is 2. The van der Waals surface area contributed by atoms with Crippen molar-refractivity contribution in [2.45, 2.75) is 4.90 Å². The number of nitrogens with zero attached hydrogens (tertiary/aromatic N) is 1. The van der Waals surface area contributed by atoms with Crippen LogP contribution in [0.5, 0.6) is 11.5 Å². The van der Waals surface area contributed by atoms with Crippen LogP contribution in [-0.2, 0) is 10.0 Å². The fourth-order valence-corrected chi connectivity index (χ4v) is 3.95. The molecule has 4 rings (SSSR count). The first-order valence-electron chi connectivity index (χ1n) is 8.89. The second kappa shape index (κ2) is 7.84. The Kier molecular flexibility index (Phi) is 5.07. The number of aromatic nitrogens is 1. The third-order valence-electron chi connectivity index (χ3n) is 4.39. The molecular formula is C22H16N2O5S. The number of rotatable bonds is 6. The van der Waals surface area contributed by atoms with Gasteiger partial charge in [-0.15, -0.1) is 0 Å². The summed E-state index contributed by atoms with van der Waals surface area (Å²) in [5, 5.41) is 10.8. The van der Waals surface area contributed by atoms with Crippen LogP contribution in [0.4, 0.5) is 5.69 Å². The third kappa shape index (κ3) is 4.08. The molecule has 0 spiro atoms. The van der Waals surface area contributed by atoms with Crippen molar-refractivity contribution in [3.8, 4) is 11.5 Å². The summed E-state index contributed by atoms with van der Waals surface area (Å²) in [5.41, 5.74) is 0.367. The largest absolute Gasteiger partial charge is 0.478 e. The van der Waals surface area contributed by atoms with E-state index in [1.165, 1.54) is 24.3 Å². The zero-order valence-electron chi connectivity index (χ0n) is 15.5. The minimum absolute atomic E-state index is 0.0136. The van der Waals surface area contributed by atoms with Crippen molar-refractivity contribution in [1.82, 2.24) is 4.98 Å². The molecule has 8 heteroatoms. The van der Waals surface area contributed by atoms with Gasteiger partial charge in [0.25, 0.3) is 10.0 Å². The van der Waals surface area contributed by atoms with E-state index in [4.69, 9.17) is 9.84 Å². The summed E-state index contributed by atoms with van der Waals surface area (Å²) in [6, 6.07) is 19.0. The zero-order chi connectivity index (χ0) is 21.1. The molecule has 30 heavy (non-hydrogen) atoms. The number of carbonyl (C=O) groups is 1. The molecule has 0 aliphatic heterocycles. The van der Waals surface area contributed by atoms with Crippen LogP contribution in [-0.4, -0.2) is 24.5 Å². The molecule has 0 saturated carbocycles. The van der Waals surface area contributed by atoms with E-state index in [9.17, 15) is 13.2 Å². The summed E-state index contributed by atoms with van der Waals surface area (Å²) in [7, 11) is -3.85. The van der Waals surface area contributed by atoms with Crippen molar-refractivity contribution >= 4 is 32.5 Å². The third-order valence-corrected chi connectivity index (χ3v) is 5.78. The second-order valence-electron chi connectivity index (χ2n) is 6.41. The van der Waals surface area contributed by atoms with Crippen LogP contribution in [0.3, 0.4) is 0 Å². The van der Waals surface area contributed by atoms with Crippen molar-refractivity contribution < 1.29 is 23.1 Å². The predicted molar refractivity (Wildman–Crippen MR) is 112 cm³/mol. The van der Waals surface area contributed by atoms with Crippen LogP contribution in [0.15, 0.2) is 90.1 Å². The molecule has 0 saturated heterocycles. The van der Waals surface area contributed by atoms with Crippen LogP contribution in [0.25, 0.3) is 10.8 Å². The highest BCUT2D eigenvalue weighted by Crippen LogP contribution is 2.30. The molecule has 0 amide bonds. The fraction of sp³-hybridized carbons (Fsp3) is 0. The first-order chi connectivity index (χ1) is 14.4. The van der Waals surface area contributed by atoms with Gasteiger partial charge >= 0.3 is 5.97 Å². The lowest BCUT2D eigenvalue weighted by molar-refractivity contribution is 0.0696. The summed E-state index contributed by atoms with van der Waals surface area (Å²) >= 11 is 0. The molecule has 0 fully saturated rings. The maximum atomic E-state index is 12.5. The number of aromatic carboxylic acids is 1. The monoisotopic (exact) mass is 420 g/mol. The molecule has 0 aliphatic carbocycles. The van der Waals surface area contributed by atoms with Gasteiger partial charge in [0, 0.05) is 28.9 Å². The summed E-state index contributed by atoms with van der Waals surface area (Å²) in [4.78, 5) is 15.0. The standard InChI is InChI=1S/C22H16N2O5S/c25-22(26)15-4-10-19(11-5-15)30(27,28)24-17-6-8-18(9-7-17)29-21-3-1-2-16-14-23-13-12-20(16)21/h1-14,24H,(H,25,26). The smallest absolute Gasteiger partial charge is 0.335 e. The number of carboxylic acid groups (broad SMARTS) is 1. The lowest BCUT2D eigenvalue weighted by Crippen LogP contribution is -2.13. The van der Waals surface area contributed by atoms with E-state index in [0.717, 1.165) is 10.8 Å². The number of anilines is 1. The molecule has 1 heterocycles. The van der Waals surface area contributed by atoms with E-state index >= 15 is 0 Å². The Morgan fingerprint density at radius 3 is 2.37 bits per heavy atom.